The van der Waals surface area contributed by atoms with Crippen LogP contribution in [-0.4, -0.2) is 19.6 Å². The van der Waals surface area contributed by atoms with Crippen LogP contribution in [0.1, 0.15) is 30.1 Å². The minimum atomic E-state index is -4.42. The third-order valence-electron chi connectivity index (χ3n) is 2.97. The van der Waals surface area contributed by atoms with E-state index in [0.29, 0.717) is 12.4 Å². The third-order valence-corrected chi connectivity index (χ3v) is 2.97. The summed E-state index contributed by atoms with van der Waals surface area (Å²) >= 11 is 0. The number of imidazole rings is 1. The molecule has 0 aromatic carbocycles. The van der Waals surface area contributed by atoms with Crippen LogP contribution in [0.25, 0.3) is 0 Å². The first-order valence-corrected chi connectivity index (χ1v) is 6.13. The van der Waals surface area contributed by atoms with E-state index in [9.17, 15) is 18.3 Å². The highest BCUT2D eigenvalue weighted by atomic mass is 19.4. The zero-order chi connectivity index (χ0) is 14.8. The Morgan fingerprint density at radius 3 is 2.60 bits per heavy atom. The smallest absolute Gasteiger partial charge is 0.386 e. The van der Waals surface area contributed by atoms with Crippen molar-refractivity contribution in [3.8, 4) is 0 Å². The number of rotatable bonds is 4. The number of hydrogen-bond donors (Lipinski definition) is 1. The number of aliphatic hydroxyl groups is 1. The molecule has 0 radical (unpaired) electrons. The quantitative estimate of drug-likeness (QED) is 0.939. The highest BCUT2D eigenvalue weighted by molar-refractivity contribution is 5.18. The molecule has 0 bridgehead atoms. The van der Waals surface area contributed by atoms with E-state index in [-0.39, 0.29) is 12.1 Å². The Balaban J connectivity index is 2.12. The van der Waals surface area contributed by atoms with E-state index in [1.165, 1.54) is 6.07 Å². The van der Waals surface area contributed by atoms with Gasteiger partial charge in [-0.05, 0) is 19.1 Å². The summed E-state index contributed by atoms with van der Waals surface area (Å²) in [6.07, 6.45) is -1.07. The van der Waals surface area contributed by atoms with E-state index in [1.54, 1.807) is 12.4 Å². The number of aryl methyl sites for hydroxylation is 1. The van der Waals surface area contributed by atoms with Gasteiger partial charge in [0.1, 0.15) is 11.9 Å². The summed E-state index contributed by atoms with van der Waals surface area (Å²) in [7, 11) is 0. The van der Waals surface area contributed by atoms with Gasteiger partial charge in [-0.1, -0.05) is 0 Å². The van der Waals surface area contributed by atoms with E-state index < -0.39 is 17.8 Å². The monoisotopic (exact) mass is 285 g/mol. The first-order chi connectivity index (χ1) is 9.41. The lowest BCUT2D eigenvalue weighted by atomic mass is 10.1. The minimum Gasteiger partial charge on any atom is -0.386 e. The van der Waals surface area contributed by atoms with Crippen LogP contribution in [0.15, 0.2) is 30.7 Å². The molecule has 4 nitrogen and oxygen atoms in total. The van der Waals surface area contributed by atoms with Crippen LogP contribution in [0.5, 0.6) is 0 Å². The van der Waals surface area contributed by atoms with Crippen molar-refractivity contribution in [3.05, 3.63) is 47.8 Å². The molecular formula is C13H14F3N3O. The maximum atomic E-state index is 12.4. The van der Waals surface area contributed by atoms with Gasteiger partial charge in [0.25, 0.3) is 0 Å². The largest absolute Gasteiger partial charge is 0.417 e. The molecule has 0 saturated heterocycles. The summed E-state index contributed by atoms with van der Waals surface area (Å²) in [5, 5.41) is 10.0. The predicted molar refractivity (Wildman–Crippen MR) is 65.8 cm³/mol. The molecule has 1 unspecified atom stereocenters. The van der Waals surface area contributed by atoms with E-state index in [1.807, 2.05) is 11.5 Å². The normalized spacial score (nSPS) is 13.4. The number of hydrogen-bond acceptors (Lipinski definition) is 3. The lowest BCUT2D eigenvalue weighted by Gasteiger charge is -2.12. The molecule has 2 heterocycles. The first kappa shape index (κ1) is 14.5. The van der Waals surface area contributed by atoms with Crippen molar-refractivity contribution in [1.29, 1.82) is 0 Å². The van der Waals surface area contributed by atoms with E-state index in [0.717, 1.165) is 12.3 Å². The average molecular weight is 285 g/mol. The summed E-state index contributed by atoms with van der Waals surface area (Å²) in [5.41, 5.74) is -0.632. The highest BCUT2D eigenvalue weighted by Crippen LogP contribution is 2.29. The van der Waals surface area contributed by atoms with Gasteiger partial charge >= 0.3 is 6.18 Å². The molecule has 0 saturated carbocycles. The fourth-order valence-corrected chi connectivity index (χ4v) is 1.87. The zero-order valence-corrected chi connectivity index (χ0v) is 10.8. The fourth-order valence-electron chi connectivity index (χ4n) is 1.87. The van der Waals surface area contributed by atoms with Gasteiger partial charge in [0.15, 0.2) is 0 Å². The second-order valence-corrected chi connectivity index (χ2v) is 4.32. The Kier molecular flexibility index (Phi) is 4.08. The van der Waals surface area contributed by atoms with Gasteiger partial charge in [-0.25, -0.2) is 4.98 Å². The van der Waals surface area contributed by atoms with Crippen molar-refractivity contribution >= 4 is 0 Å². The van der Waals surface area contributed by atoms with Crippen LogP contribution in [0.3, 0.4) is 0 Å². The van der Waals surface area contributed by atoms with Gasteiger partial charge in [-0.3, -0.25) is 4.98 Å². The summed E-state index contributed by atoms with van der Waals surface area (Å²) < 4.78 is 39.1. The third kappa shape index (κ3) is 3.16. The number of halogens is 3. The average Bonchev–Trinajstić information content (AvgIpc) is 2.85. The number of nitrogens with zero attached hydrogens (tertiary/aromatic N) is 3. The summed E-state index contributed by atoms with van der Waals surface area (Å²) in [4.78, 5) is 7.78. The Hall–Kier alpha value is -1.89. The van der Waals surface area contributed by atoms with Crippen LogP contribution in [0.2, 0.25) is 0 Å². The number of aliphatic hydroxyl groups excluding tert-OH is 1. The second-order valence-electron chi connectivity index (χ2n) is 4.32. The number of pyridine rings is 1. The standard InChI is InChI=1S/C13H14F3N3O/c1-2-19-6-5-17-12(19)7-11(20)10-4-3-9(8-18-10)13(14,15)16/h3-6,8,11,20H,2,7H2,1H3. The molecule has 7 heteroatoms. The van der Waals surface area contributed by atoms with Crippen LogP contribution >= 0.6 is 0 Å². The highest BCUT2D eigenvalue weighted by Gasteiger charge is 2.30. The van der Waals surface area contributed by atoms with Gasteiger partial charge in [0.05, 0.1) is 11.3 Å². The lowest BCUT2D eigenvalue weighted by molar-refractivity contribution is -0.137. The van der Waals surface area contributed by atoms with Gasteiger partial charge < -0.3 is 9.67 Å². The molecule has 0 fully saturated rings. The molecule has 0 spiro atoms. The summed E-state index contributed by atoms with van der Waals surface area (Å²) in [5.74, 6) is 0.668. The van der Waals surface area contributed by atoms with E-state index in [2.05, 4.69) is 9.97 Å². The number of aromatic nitrogens is 3. The van der Waals surface area contributed by atoms with Crippen molar-refractivity contribution in [2.45, 2.75) is 32.2 Å². The van der Waals surface area contributed by atoms with Crippen molar-refractivity contribution in [1.82, 2.24) is 14.5 Å². The predicted octanol–water partition coefficient (Wildman–Crippen LogP) is 2.59. The zero-order valence-electron chi connectivity index (χ0n) is 10.8. The summed E-state index contributed by atoms with van der Waals surface area (Å²) in [6.45, 7) is 2.65. The maximum Gasteiger partial charge on any atom is 0.417 e. The molecule has 0 aliphatic heterocycles. The minimum absolute atomic E-state index is 0.198. The molecule has 0 aliphatic carbocycles. The van der Waals surface area contributed by atoms with Gasteiger partial charge in [0.2, 0.25) is 0 Å². The summed E-state index contributed by atoms with van der Waals surface area (Å²) in [6, 6.07) is 2.10. The van der Waals surface area contributed by atoms with Crippen molar-refractivity contribution < 1.29 is 18.3 Å². The van der Waals surface area contributed by atoms with Crippen LogP contribution in [0.4, 0.5) is 13.2 Å². The molecule has 0 aliphatic rings. The molecule has 2 rings (SSSR count). The van der Waals surface area contributed by atoms with Gasteiger partial charge in [-0.15, -0.1) is 0 Å². The molecule has 108 valence electrons. The molecule has 1 N–H and O–H groups in total. The first-order valence-electron chi connectivity index (χ1n) is 6.13. The molecule has 2 aromatic rings. The van der Waals surface area contributed by atoms with Crippen LogP contribution in [-0.2, 0) is 19.1 Å². The molecule has 1 atom stereocenters. The Morgan fingerprint density at radius 2 is 2.05 bits per heavy atom. The van der Waals surface area contributed by atoms with Crippen molar-refractivity contribution in [3.63, 3.8) is 0 Å². The topological polar surface area (TPSA) is 50.9 Å². The van der Waals surface area contributed by atoms with Crippen molar-refractivity contribution in [2.24, 2.45) is 0 Å². The van der Waals surface area contributed by atoms with Crippen molar-refractivity contribution in [2.75, 3.05) is 0 Å². The SMILES string of the molecule is CCn1ccnc1CC(O)c1ccc(C(F)(F)F)cn1. The Labute approximate surface area is 113 Å². The van der Waals surface area contributed by atoms with Crippen LogP contribution < -0.4 is 0 Å². The Morgan fingerprint density at radius 1 is 1.30 bits per heavy atom. The molecule has 2 aromatic heterocycles. The van der Waals surface area contributed by atoms with Gasteiger partial charge in [0, 0.05) is 31.6 Å². The molecular weight excluding hydrogens is 271 g/mol. The fraction of sp³-hybridized carbons (Fsp3) is 0.385. The maximum absolute atomic E-state index is 12.4. The van der Waals surface area contributed by atoms with Crippen LogP contribution in [0, 0.1) is 0 Å². The van der Waals surface area contributed by atoms with Gasteiger partial charge in [-0.2, -0.15) is 13.2 Å². The Bertz CT molecular complexity index is 563. The second kappa shape index (κ2) is 5.62. The van der Waals surface area contributed by atoms with E-state index >= 15 is 0 Å². The number of alkyl halides is 3. The lowest BCUT2D eigenvalue weighted by Crippen LogP contribution is -2.11. The molecule has 20 heavy (non-hydrogen) atoms. The molecule has 0 amide bonds. The van der Waals surface area contributed by atoms with E-state index in [4.69, 9.17) is 0 Å².